The molecule has 0 atom stereocenters. The summed E-state index contributed by atoms with van der Waals surface area (Å²) in [4.78, 5) is 28.1. The van der Waals surface area contributed by atoms with Crippen molar-refractivity contribution < 1.29 is 50.3 Å². The first-order valence-electron chi connectivity index (χ1n) is 7.96. The van der Waals surface area contributed by atoms with Crippen LogP contribution >= 0.6 is 0 Å². The molecule has 0 fully saturated rings. The molecule has 2 aromatic carbocycles. The largest absolute Gasteiger partial charge is 3.00 e. The quantitative estimate of drug-likeness (QED) is 0.569. The number of hydrogen-bond acceptors (Lipinski definition) is 5. The summed E-state index contributed by atoms with van der Waals surface area (Å²) in [5.41, 5.74) is 6.26. The first-order chi connectivity index (χ1) is 13.3. The molecule has 0 aliphatic heterocycles. The number of aromatic nitrogens is 2. The van der Waals surface area contributed by atoms with E-state index in [1.807, 2.05) is 0 Å². The van der Waals surface area contributed by atoms with Crippen LogP contribution in [0.3, 0.4) is 0 Å². The van der Waals surface area contributed by atoms with Gasteiger partial charge >= 0.3 is 32.7 Å². The average Bonchev–Trinajstić information content (AvgIpc) is 2.66. The number of anilines is 1. The summed E-state index contributed by atoms with van der Waals surface area (Å²) in [6.07, 6.45) is 1.02. The third-order valence-corrected chi connectivity index (χ3v) is 5.13. The molecule has 144 valence electrons. The van der Waals surface area contributed by atoms with Gasteiger partial charge in [-0.25, -0.2) is 17.8 Å². The number of rotatable bonds is 6. The van der Waals surface area contributed by atoms with Crippen LogP contribution in [0.2, 0.25) is 0 Å². The van der Waals surface area contributed by atoms with Crippen molar-refractivity contribution in [3.8, 4) is 11.4 Å². The fraction of sp³-hybridized carbons (Fsp3) is 0.0556. The van der Waals surface area contributed by atoms with E-state index in [1.54, 1.807) is 6.07 Å². The zero-order valence-electron chi connectivity index (χ0n) is 14.9. The maximum absolute atomic E-state index is 13.2. The Labute approximate surface area is 190 Å². The molecule has 11 heteroatoms. The molecule has 8 nitrogen and oxygen atoms in total. The van der Waals surface area contributed by atoms with Crippen LogP contribution in [-0.4, -0.2) is 23.9 Å². The maximum Gasteiger partial charge on any atom is 3.00 e. The van der Waals surface area contributed by atoms with Gasteiger partial charge in [0.2, 0.25) is 0 Å². The van der Waals surface area contributed by atoms with Crippen LogP contribution in [0.25, 0.3) is 17.1 Å². The molecule has 0 unspecified atom stereocenters. The van der Waals surface area contributed by atoms with Crippen LogP contribution in [-0.2, 0) is 54.1 Å². The van der Waals surface area contributed by atoms with Gasteiger partial charge in [0.1, 0.15) is 17.3 Å². The molecule has 0 saturated carbocycles. The number of sulfonamides is 1. The number of carbonyl (C=O) groups is 1. The van der Waals surface area contributed by atoms with E-state index in [9.17, 15) is 22.4 Å². The van der Waals surface area contributed by atoms with Crippen LogP contribution in [0, 0.1) is 5.82 Å². The van der Waals surface area contributed by atoms with Gasteiger partial charge in [-0.15, -0.1) is 0 Å². The molecule has 0 bridgehead atoms. The number of hydrogen-bond donors (Lipinski definition) is 1. The van der Waals surface area contributed by atoms with Crippen molar-refractivity contribution in [2.75, 3.05) is 4.72 Å². The molecule has 0 saturated heterocycles. The van der Waals surface area contributed by atoms with Gasteiger partial charge in [0.15, 0.2) is 0 Å². The topological polar surface area (TPSA) is 122 Å². The van der Waals surface area contributed by atoms with E-state index in [1.165, 1.54) is 36.4 Å². The SMILES string of the molecule is [NH-]C(=O)Cn1c(-c2ccc(F)cc2)ncc(NS(=O)(=O)c2ccccc2)c1=O.[Y+3]. The zero-order chi connectivity index (χ0) is 20.3. The van der Waals surface area contributed by atoms with Crippen molar-refractivity contribution in [3.63, 3.8) is 0 Å². The molecule has 3 aromatic rings. The Balaban J connectivity index is 0.00000300. The van der Waals surface area contributed by atoms with Crippen molar-refractivity contribution in [1.82, 2.24) is 9.55 Å². The standard InChI is InChI=1S/C18H15FN4O4S.Y/c19-13-8-6-12(7-9-13)17-21-10-15(18(25)23(17)11-16(20)24)22-28(26,27)14-4-2-1-3-5-14;/h1-10,22H,11H2,(H2,20,24);/q;+3/p-1. The average molecular weight is 490 g/mol. The number of carbonyl (C=O) groups excluding carboxylic acids is 1. The van der Waals surface area contributed by atoms with E-state index in [0.717, 1.165) is 22.9 Å². The second-order valence-electron chi connectivity index (χ2n) is 5.74. The van der Waals surface area contributed by atoms with E-state index >= 15 is 0 Å². The minimum absolute atomic E-state index is 0. The molecular formula is C18H14FN4O4SY+2. The molecule has 0 aliphatic rings. The van der Waals surface area contributed by atoms with E-state index < -0.39 is 33.9 Å². The summed E-state index contributed by atoms with van der Waals surface area (Å²) in [5.74, 6) is -1.56. The van der Waals surface area contributed by atoms with Gasteiger partial charge in [-0.05, 0) is 36.4 Å². The van der Waals surface area contributed by atoms with Crippen molar-refractivity contribution >= 4 is 21.6 Å². The van der Waals surface area contributed by atoms with E-state index in [4.69, 9.17) is 5.73 Å². The smallest absolute Gasteiger partial charge is 0.666 e. The predicted octanol–water partition coefficient (Wildman–Crippen LogP) is 2.43. The molecule has 0 aliphatic carbocycles. The summed E-state index contributed by atoms with van der Waals surface area (Å²) >= 11 is 0. The summed E-state index contributed by atoms with van der Waals surface area (Å²) in [5, 5.41) is 0. The fourth-order valence-electron chi connectivity index (χ4n) is 2.49. The minimum atomic E-state index is -4.05. The predicted molar refractivity (Wildman–Crippen MR) is 100 cm³/mol. The minimum Gasteiger partial charge on any atom is -0.666 e. The monoisotopic (exact) mass is 490 g/mol. The molecule has 0 radical (unpaired) electrons. The normalized spacial score (nSPS) is 10.8. The van der Waals surface area contributed by atoms with Gasteiger partial charge in [-0.3, -0.25) is 14.1 Å². The molecule has 1 heterocycles. The van der Waals surface area contributed by atoms with Crippen molar-refractivity contribution in [2.45, 2.75) is 11.4 Å². The first-order valence-corrected chi connectivity index (χ1v) is 9.44. The van der Waals surface area contributed by atoms with Gasteiger partial charge < -0.3 is 10.5 Å². The molecule has 3 rings (SSSR count). The number of halogens is 1. The van der Waals surface area contributed by atoms with Gasteiger partial charge in [-0.2, -0.15) is 0 Å². The molecule has 1 amide bonds. The molecular weight excluding hydrogens is 476 g/mol. The van der Waals surface area contributed by atoms with Gasteiger partial charge in [0.05, 0.1) is 23.5 Å². The Hall–Kier alpha value is -2.43. The van der Waals surface area contributed by atoms with Crippen LogP contribution in [0.1, 0.15) is 0 Å². The second kappa shape index (κ2) is 9.38. The third-order valence-electron chi connectivity index (χ3n) is 3.75. The summed E-state index contributed by atoms with van der Waals surface area (Å²) < 4.78 is 41.1. The van der Waals surface area contributed by atoms with E-state index in [-0.39, 0.29) is 49.1 Å². The number of nitrogens with zero attached hydrogens (tertiary/aromatic N) is 2. The first kappa shape index (κ1) is 22.9. The Morgan fingerprint density at radius 1 is 1.10 bits per heavy atom. The van der Waals surface area contributed by atoms with Crippen LogP contribution < -0.4 is 10.3 Å². The summed E-state index contributed by atoms with van der Waals surface area (Å²) in [7, 11) is -4.05. The Kier molecular flexibility index (Phi) is 7.39. The summed E-state index contributed by atoms with van der Waals surface area (Å²) in [6, 6.07) is 12.4. The Morgan fingerprint density at radius 2 is 1.72 bits per heavy atom. The summed E-state index contributed by atoms with van der Waals surface area (Å²) in [6.45, 7) is -0.639. The van der Waals surface area contributed by atoms with Crippen molar-refractivity contribution in [3.05, 3.63) is 82.7 Å². The Bertz CT molecular complexity index is 1180. The fourth-order valence-corrected chi connectivity index (χ4v) is 3.55. The second-order valence-corrected chi connectivity index (χ2v) is 7.42. The number of benzene rings is 2. The van der Waals surface area contributed by atoms with Crippen LogP contribution in [0.5, 0.6) is 0 Å². The number of amides is 1. The van der Waals surface area contributed by atoms with Crippen LogP contribution in [0.4, 0.5) is 10.1 Å². The van der Waals surface area contributed by atoms with Crippen molar-refractivity contribution in [2.24, 2.45) is 0 Å². The molecule has 2 N–H and O–H groups in total. The Morgan fingerprint density at radius 3 is 2.31 bits per heavy atom. The van der Waals surface area contributed by atoms with Gasteiger partial charge in [-0.1, -0.05) is 18.2 Å². The third kappa shape index (κ3) is 5.34. The van der Waals surface area contributed by atoms with E-state index in [2.05, 4.69) is 9.71 Å². The van der Waals surface area contributed by atoms with Gasteiger partial charge in [0, 0.05) is 5.56 Å². The molecule has 0 spiro atoms. The van der Waals surface area contributed by atoms with Crippen molar-refractivity contribution in [1.29, 1.82) is 0 Å². The number of nitrogens with one attached hydrogen (secondary N) is 2. The molecule has 29 heavy (non-hydrogen) atoms. The van der Waals surface area contributed by atoms with E-state index in [0.29, 0.717) is 5.56 Å². The van der Waals surface area contributed by atoms with Gasteiger partial charge in [0.25, 0.3) is 15.6 Å². The van der Waals surface area contributed by atoms with Crippen LogP contribution in [0.15, 0.2) is 70.5 Å². The molecule has 1 aromatic heterocycles. The zero-order valence-corrected chi connectivity index (χ0v) is 18.5. The maximum atomic E-state index is 13.2.